The Labute approximate surface area is 128 Å². The first-order chi connectivity index (χ1) is 9.41. The minimum atomic E-state index is -5.48. The number of hydrogen-bond acceptors (Lipinski definition) is 1. The second-order valence-electron chi connectivity index (χ2n) is 7.64. The fourth-order valence-corrected chi connectivity index (χ4v) is 2.66. The highest BCUT2D eigenvalue weighted by Crippen LogP contribution is 2.46. The summed E-state index contributed by atoms with van der Waals surface area (Å²) in [6.07, 6.45) is -15.5. The van der Waals surface area contributed by atoms with Crippen LogP contribution in [0.4, 0.5) is 26.3 Å². The molecule has 0 rings (SSSR count). The molecule has 0 saturated heterocycles. The molecule has 0 saturated carbocycles. The van der Waals surface area contributed by atoms with Crippen LogP contribution in [0.2, 0.25) is 0 Å². The van der Waals surface area contributed by atoms with E-state index in [1.807, 2.05) is 20.8 Å². The van der Waals surface area contributed by atoms with Crippen LogP contribution in [0.1, 0.15) is 54.9 Å². The van der Waals surface area contributed by atoms with E-state index in [9.17, 15) is 26.3 Å². The van der Waals surface area contributed by atoms with E-state index in [4.69, 9.17) is 0 Å². The molecule has 134 valence electrons. The molecule has 0 amide bonds. The molecule has 1 nitrogen and oxygen atoms in total. The molecule has 0 aromatic heterocycles. The van der Waals surface area contributed by atoms with E-state index in [2.05, 4.69) is 4.74 Å². The van der Waals surface area contributed by atoms with Crippen LogP contribution in [-0.2, 0) is 4.74 Å². The molecule has 0 aromatic carbocycles. The second kappa shape index (κ2) is 6.57. The topological polar surface area (TPSA) is 9.23 Å². The van der Waals surface area contributed by atoms with E-state index in [1.54, 1.807) is 20.8 Å². The molecular weight excluding hydrogens is 310 g/mol. The molecule has 0 fully saturated rings. The maximum Gasteiger partial charge on any atom is 0.423 e. The molecule has 7 heteroatoms. The van der Waals surface area contributed by atoms with Gasteiger partial charge in [-0.2, -0.15) is 26.3 Å². The van der Waals surface area contributed by atoms with Crippen molar-refractivity contribution in [2.75, 3.05) is 0 Å². The highest BCUT2D eigenvalue weighted by atomic mass is 19.4. The molecule has 2 unspecified atom stereocenters. The zero-order chi connectivity index (χ0) is 18.1. The maximum atomic E-state index is 12.7. The van der Waals surface area contributed by atoms with Gasteiger partial charge in [0.1, 0.15) is 0 Å². The lowest BCUT2D eigenvalue weighted by atomic mass is 9.66. The summed E-state index contributed by atoms with van der Waals surface area (Å²) in [6, 6.07) is 0. The largest absolute Gasteiger partial charge is 0.423 e. The van der Waals surface area contributed by atoms with Gasteiger partial charge in [0, 0.05) is 0 Å². The number of ether oxygens (including phenoxy) is 1. The summed E-state index contributed by atoms with van der Waals surface area (Å²) in [6.45, 7) is 12.2. The highest BCUT2D eigenvalue weighted by Gasteiger charge is 2.59. The first-order valence-electron chi connectivity index (χ1n) is 7.20. The highest BCUT2D eigenvalue weighted by molar-refractivity contribution is 4.90. The van der Waals surface area contributed by atoms with Crippen molar-refractivity contribution < 1.29 is 31.1 Å². The van der Waals surface area contributed by atoms with Gasteiger partial charge < -0.3 is 4.74 Å². The van der Waals surface area contributed by atoms with Crippen molar-refractivity contribution in [3.05, 3.63) is 0 Å². The smallest absolute Gasteiger partial charge is 0.357 e. The summed E-state index contributed by atoms with van der Waals surface area (Å²) < 4.78 is 80.5. The zero-order valence-corrected chi connectivity index (χ0v) is 14.1. The number of hydrogen-bond donors (Lipinski definition) is 0. The van der Waals surface area contributed by atoms with Crippen LogP contribution < -0.4 is 0 Å². The van der Waals surface area contributed by atoms with Crippen molar-refractivity contribution in [2.24, 2.45) is 16.7 Å². The molecular formula is C15H26F6O. The van der Waals surface area contributed by atoms with E-state index in [0.717, 1.165) is 0 Å². The van der Waals surface area contributed by atoms with Crippen LogP contribution in [0, 0.1) is 16.7 Å². The maximum absolute atomic E-state index is 12.7. The van der Waals surface area contributed by atoms with Gasteiger partial charge in [0.2, 0.25) is 6.10 Å². The number of halogens is 6. The van der Waals surface area contributed by atoms with Crippen molar-refractivity contribution in [3.63, 3.8) is 0 Å². The standard InChI is InChI=1S/C15H26F6O/c1-9(2)13(7,8-12(4,5)6)10(3)22-11(14(16,17)18)15(19,20)21/h9-11H,8H2,1-7H3. The number of alkyl halides is 6. The summed E-state index contributed by atoms with van der Waals surface area (Å²) in [5.74, 6) is -0.135. The summed E-state index contributed by atoms with van der Waals surface area (Å²) in [4.78, 5) is 0. The Hall–Kier alpha value is -0.460. The monoisotopic (exact) mass is 336 g/mol. The van der Waals surface area contributed by atoms with Gasteiger partial charge in [-0.3, -0.25) is 0 Å². The Kier molecular flexibility index (Phi) is 6.44. The molecule has 2 atom stereocenters. The summed E-state index contributed by atoms with van der Waals surface area (Å²) in [7, 11) is 0. The third-order valence-corrected chi connectivity index (χ3v) is 4.09. The molecule has 0 aromatic rings. The van der Waals surface area contributed by atoms with Gasteiger partial charge in [-0.25, -0.2) is 0 Å². The Bertz CT molecular complexity index is 339. The van der Waals surface area contributed by atoms with Crippen molar-refractivity contribution in [1.82, 2.24) is 0 Å². The van der Waals surface area contributed by atoms with Gasteiger partial charge in [-0.05, 0) is 30.1 Å². The minimum Gasteiger partial charge on any atom is -0.357 e. The Morgan fingerprint density at radius 2 is 1.14 bits per heavy atom. The first-order valence-corrected chi connectivity index (χ1v) is 7.20. The summed E-state index contributed by atoms with van der Waals surface area (Å²) in [5, 5.41) is 0. The van der Waals surface area contributed by atoms with Gasteiger partial charge in [-0.1, -0.05) is 41.5 Å². The average molecular weight is 336 g/mol. The van der Waals surface area contributed by atoms with Crippen molar-refractivity contribution in [3.8, 4) is 0 Å². The van der Waals surface area contributed by atoms with Crippen LogP contribution in [-0.4, -0.2) is 24.6 Å². The molecule has 0 radical (unpaired) electrons. The average Bonchev–Trinajstić information content (AvgIpc) is 2.19. The SMILES string of the molecule is CC(C)C(C)(CC(C)(C)C)C(C)OC(C(F)(F)F)C(F)(F)F. The van der Waals surface area contributed by atoms with Crippen molar-refractivity contribution in [2.45, 2.75) is 79.4 Å². The third-order valence-electron chi connectivity index (χ3n) is 4.09. The summed E-state index contributed by atoms with van der Waals surface area (Å²) >= 11 is 0. The predicted octanol–water partition coefficient (Wildman–Crippen LogP) is 5.98. The summed E-state index contributed by atoms with van der Waals surface area (Å²) in [5.41, 5.74) is -1.06. The molecule has 0 spiro atoms. The van der Waals surface area contributed by atoms with Crippen LogP contribution in [0.25, 0.3) is 0 Å². The lowest BCUT2D eigenvalue weighted by Gasteiger charge is -2.44. The molecule has 0 aliphatic heterocycles. The van der Waals surface area contributed by atoms with Crippen molar-refractivity contribution >= 4 is 0 Å². The first kappa shape index (κ1) is 21.5. The van der Waals surface area contributed by atoms with Crippen LogP contribution in [0.15, 0.2) is 0 Å². The van der Waals surface area contributed by atoms with Crippen LogP contribution >= 0.6 is 0 Å². The third kappa shape index (κ3) is 5.97. The molecule has 0 bridgehead atoms. The van der Waals surface area contributed by atoms with Crippen LogP contribution in [0.5, 0.6) is 0 Å². The Morgan fingerprint density at radius 3 is 1.36 bits per heavy atom. The van der Waals surface area contributed by atoms with Gasteiger partial charge in [0.05, 0.1) is 6.10 Å². The normalized spacial score (nSPS) is 18.7. The molecule has 0 aliphatic carbocycles. The van der Waals surface area contributed by atoms with Gasteiger partial charge >= 0.3 is 12.4 Å². The molecule has 0 heterocycles. The zero-order valence-electron chi connectivity index (χ0n) is 14.1. The molecule has 22 heavy (non-hydrogen) atoms. The predicted molar refractivity (Wildman–Crippen MR) is 73.5 cm³/mol. The quantitative estimate of drug-likeness (QED) is 0.561. The minimum absolute atomic E-state index is 0.135. The Balaban J connectivity index is 5.46. The van der Waals surface area contributed by atoms with E-state index in [0.29, 0.717) is 6.42 Å². The second-order valence-corrected chi connectivity index (χ2v) is 7.64. The lowest BCUT2D eigenvalue weighted by Crippen LogP contribution is -2.50. The number of rotatable bonds is 5. The van der Waals surface area contributed by atoms with E-state index < -0.39 is 30.0 Å². The fourth-order valence-electron chi connectivity index (χ4n) is 2.66. The van der Waals surface area contributed by atoms with Crippen LogP contribution in [0.3, 0.4) is 0 Å². The van der Waals surface area contributed by atoms with E-state index in [-0.39, 0.29) is 11.3 Å². The fraction of sp³-hybridized carbons (Fsp3) is 1.00. The van der Waals surface area contributed by atoms with E-state index >= 15 is 0 Å². The van der Waals surface area contributed by atoms with Gasteiger partial charge in [0.15, 0.2) is 0 Å². The van der Waals surface area contributed by atoms with Gasteiger partial charge in [0.25, 0.3) is 0 Å². The van der Waals surface area contributed by atoms with Crippen molar-refractivity contribution in [1.29, 1.82) is 0 Å². The van der Waals surface area contributed by atoms with Gasteiger partial charge in [-0.15, -0.1) is 0 Å². The lowest BCUT2D eigenvalue weighted by molar-refractivity contribution is -0.338. The molecule has 0 N–H and O–H groups in total. The Morgan fingerprint density at radius 1 is 0.773 bits per heavy atom. The van der Waals surface area contributed by atoms with E-state index in [1.165, 1.54) is 6.92 Å². The molecule has 0 aliphatic rings.